The van der Waals surface area contributed by atoms with Gasteiger partial charge in [0.1, 0.15) is 6.26 Å². The predicted octanol–water partition coefficient (Wildman–Crippen LogP) is 4.98. The summed E-state index contributed by atoms with van der Waals surface area (Å²) in [7, 11) is 1.55. The Hall–Kier alpha value is -3.73. The Morgan fingerprint density at radius 3 is 2.51 bits per heavy atom. The number of carbonyl (C=O) groups is 1. The maximum absolute atomic E-state index is 13.3. The molecule has 0 aliphatic carbocycles. The third-order valence-electron chi connectivity index (χ3n) is 6.81. The van der Waals surface area contributed by atoms with E-state index in [0.717, 1.165) is 60.3 Å². The number of nitrogens with zero attached hydrogens (tertiary/aromatic N) is 6. The van der Waals surface area contributed by atoms with E-state index < -0.39 is 0 Å². The first-order valence-electron chi connectivity index (χ1n) is 12.8. The lowest BCUT2D eigenvalue weighted by molar-refractivity contribution is 0.102. The number of hydrogen-bond acceptors (Lipinski definition) is 10. The van der Waals surface area contributed by atoms with Crippen LogP contribution >= 0.6 is 11.3 Å². The van der Waals surface area contributed by atoms with Gasteiger partial charge in [-0.05, 0) is 50.7 Å². The van der Waals surface area contributed by atoms with Crippen molar-refractivity contribution in [3.8, 4) is 17.3 Å². The van der Waals surface area contributed by atoms with Gasteiger partial charge in [-0.3, -0.25) is 4.79 Å². The minimum Gasteiger partial charge on any atom is -0.481 e. The summed E-state index contributed by atoms with van der Waals surface area (Å²) in [6.07, 6.45) is 10.0. The highest BCUT2D eigenvalue weighted by molar-refractivity contribution is 7.22. The molecule has 11 heteroatoms. The van der Waals surface area contributed by atoms with Crippen LogP contribution in [0.1, 0.15) is 49.0 Å². The highest BCUT2D eigenvalue weighted by Gasteiger charge is 2.23. The summed E-state index contributed by atoms with van der Waals surface area (Å²) >= 11 is 1.63. The summed E-state index contributed by atoms with van der Waals surface area (Å²) in [4.78, 5) is 36.2. The van der Waals surface area contributed by atoms with Crippen LogP contribution in [0.15, 0.2) is 35.1 Å². The third-order valence-corrected chi connectivity index (χ3v) is 7.86. The zero-order valence-electron chi connectivity index (χ0n) is 20.8. The van der Waals surface area contributed by atoms with E-state index in [9.17, 15) is 4.79 Å². The lowest BCUT2D eigenvalue weighted by Crippen LogP contribution is -2.31. The number of aromatic nitrogens is 4. The van der Waals surface area contributed by atoms with Gasteiger partial charge >= 0.3 is 0 Å². The van der Waals surface area contributed by atoms with Crippen LogP contribution in [0.2, 0.25) is 0 Å². The predicted molar refractivity (Wildman–Crippen MR) is 144 cm³/mol. The molecule has 6 rings (SSSR count). The summed E-state index contributed by atoms with van der Waals surface area (Å²) in [6.45, 7) is 3.87. The van der Waals surface area contributed by atoms with Gasteiger partial charge in [0.25, 0.3) is 5.91 Å². The van der Waals surface area contributed by atoms with Crippen LogP contribution in [0.5, 0.6) is 5.88 Å². The fourth-order valence-electron chi connectivity index (χ4n) is 4.85. The van der Waals surface area contributed by atoms with E-state index >= 15 is 0 Å². The molecule has 0 atom stereocenters. The molecular formula is C26H29N7O3S. The van der Waals surface area contributed by atoms with Crippen LogP contribution < -0.4 is 19.9 Å². The van der Waals surface area contributed by atoms with Crippen molar-refractivity contribution in [1.82, 2.24) is 19.9 Å². The fraction of sp³-hybridized carbons (Fsp3) is 0.423. The summed E-state index contributed by atoms with van der Waals surface area (Å²) in [5, 5.41) is 4.06. The van der Waals surface area contributed by atoms with Crippen molar-refractivity contribution >= 4 is 44.2 Å². The lowest BCUT2D eigenvalue weighted by Gasteiger charge is -2.29. The molecule has 0 saturated carbocycles. The van der Waals surface area contributed by atoms with Gasteiger partial charge in [-0.25, -0.2) is 15.0 Å². The van der Waals surface area contributed by atoms with Gasteiger partial charge in [-0.2, -0.15) is 4.98 Å². The van der Waals surface area contributed by atoms with E-state index in [2.05, 4.69) is 25.1 Å². The molecule has 0 spiro atoms. The van der Waals surface area contributed by atoms with Gasteiger partial charge in [0.15, 0.2) is 22.3 Å². The van der Waals surface area contributed by atoms with Gasteiger partial charge in [0, 0.05) is 44.0 Å². The minimum atomic E-state index is -0.351. The van der Waals surface area contributed by atoms with E-state index in [1.165, 1.54) is 31.9 Å². The average Bonchev–Trinajstić information content (AvgIpc) is 3.61. The molecule has 2 saturated heterocycles. The molecular weight excluding hydrogens is 490 g/mol. The van der Waals surface area contributed by atoms with Gasteiger partial charge in [-0.1, -0.05) is 11.3 Å². The van der Waals surface area contributed by atoms with Crippen LogP contribution in [-0.2, 0) is 0 Å². The number of pyridine rings is 2. The molecule has 1 amide bonds. The summed E-state index contributed by atoms with van der Waals surface area (Å²) in [6, 6.07) is 5.47. The van der Waals surface area contributed by atoms with E-state index in [-0.39, 0.29) is 11.6 Å². The van der Waals surface area contributed by atoms with Gasteiger partial charge in [0.2, 0.25) is 11.8 Å². The van der Waals surface area contributed by atoms with E-state index in [1.807, 2.05) is 6.07 Å². The summed E-state index contributed by atoms with van der Waals surface area (Å²) in [5.74, 6) is 1.18. The molecule has 37 heavy (non-hydrogen) atoms. The zero-order chi connectivity index (χ0) is 25.2. The molecule has 2 aliphatic rings. The van der Waals surface area contributed by atoms with Crippen LogP contribution in [0, 0.1) is 0 Å². The maximum Gasteiger partial charge on any atom is 0.277 e. The maximum atomic E-state index is 13.3. The monoisotopic (exact) mass is 519 g/mol. The molecule has 10 nitrogen and oxygen atoms in total. The standard InChI is InChI=1S/C26H29N7O3S/c1-35-21-14-17(8-9-27-21)25-29-19(16-36-25)24(34)28-18-15-20-22(30-23(18)32-10-4-2-5-11-32)31-26(37-20)33-12-6-3-7-13-33/h8-9,14-16H,2-7,10-13H2,1H3,(H,28,34). The van der Waals surface area contributed by atoms with Crippen molar-refractivity contribution in [1.29, 1.82) is 0 Å². The Balaban J connectivity index is 1.30. The normalized spacial score (nSPS) is 16.2. The van der Waals surface area contributed by atoms with E-state index in [0.29, 0.717) is 23.0 Å². The number of fused-ring (bicyclic) bond motifs is 1. The second kappa shape index (κ2) is 10.3. The third kappa shape index (κ3) is 4.95. The first kappa shape index (κ1) is 23.7. The quantitative estimate of drug-likeness (QED) is 0.377. The number of oxazole rings is 1. The van der Waals surface area contributed by atoms with Crippen LogP contribution in [0.3, 0.4) is 0 Å². The second-order valence-corrected chi connectivity index (χ2v) is 10.4. The van der Waals surface area contributed by atoms with Crippen molar-refractivity contribution in [2.75, 3.05) is 48.4 Å². The molecule has 0 unspecified atom stereocenters. The number of hydrogen-bond donors (Lipinski definition) is 1. The molecule has 0 radical (unpaired) electrons. The number of amides is 1. The number of thiazole rings is 1. The summed E-state index contributed by atoms with van der Waals surface area (Å²) in [5.41, 5.74) is 2.27. The van der Waals surface area contributed by atoms with Crippen molar-refractivity contribution in [3.05, 3.63) is 36.4 Å². The molecule has 192 valence electrons. The van der Waals surface area contributed by atoms with Crippen molar-refractivity contribution in [3.63, 3.8) is 0 Å². The number of rotatable bonds is 6. The SMILES string of the molecule is COc1cc(-c2nc(C(=O)Nc3cc4sc(N5CCCCC5)nc4nc3N3CCCCC3)co2)ccn1. The van der Waals surface area contributed by atoms with Crippen LogP contribution in [0.25, 0.3) is 21.8 Å². The molecule has 1 N–H and O–H groups in total. The lowest BCUT2D eigenvalue weighted by atomic mass is 10.1. The Bertz CT molecular complexity index is 1410. The van der Waals surface area contributed by atoms with Crippen molar-refractivity contribution in [2.24, 2.45) is 0 Å². The Labute approximate surface area is 218 Å². The molecule has 2 aliphatic heterocycles. The smallest absolute Gasteiger partial charge is 0.277 e. The zero-order valence-corrected chi connectivity index (χ0v) is 21.6. The number of piperidine rings is 2. The first-order chi connectivity index (χ1) is 18.2. The largest absolute Gasteiger partial charge is 0.481 e. The van der Waals surface area contributed by atoms with E-state index in [4.69, 9.17) is 19.1 Å². The molecule has 4 aromatic heterocycles. The summed E-state index contributed by atoms with van der Waals surface area (Å²) < 4.78 is 11.7. The van der Waals surface area contributed by atoms with Crippen LogP contribution in [0.4, 0.5) is 16.6 Å². The highest BCUT2D eigenvalue weighted by Crippen LogP contribution is 2.36. The Morgan fingerprint density at radius 1 is 1.00 bits per heavy atom. The highest BCUT2D eigenvalue weighted by atomic mass is 32.1. The number of ether oxygens (including phenoxy) is 1. The molecule has 0 aromatic carbocycles. The Kier molecular flexibility index (Phi) is 6.60. The first-order valence-corrected chi connectivity index (χ1v) is 13.6. The number of anilines is 3. The van der Waals surface area contributed by atoms with Crippen molar-refractivity contribution in [2.45, 2.75) is 38.5 Å². The molecule has 2 fully saturated rings. The molecule has 6 heterocycles. The van der Waals surface area contributed by atoms with Crippen LogP contribution in [-0.4, -0.2) is 59.1 Å². The van der Waals surface area contributed by atoms with Crippen molar-refractivity contribution < 1.29 is 13.9 Å². The average molecular weight is 520 g/mol. The Morgan fingerprint density at radius 2 is 1.76 bits per heavy atom. The second-order valence-electron chi connectivity index (χ2n) is 9.35. The van der Waals surface area contributed by atoms with E-state index in [1.54, 1.807) is 36.8 Å². The van der Waals surface area contributed by atoms with Gasteiger partial charge < -0.3 is 24.3 Å². The number of nitrogens with one attached hydrogen (secondary N) is 1. The molecule has 0 bridgehead atoms. The number of methoxy groups -OCH3 is 1. The topological polar surface area (TPSA) is 110 Å². The minimum absolute atomic E-state index is 0.189. The fourth-order valence-corrected chi connectivity index (χ4v) is 5.85. The number of carbonyl (C=O) groups excluding carboxylic acids is 1. The molecule has 4 aromatic rings. The van der Waals surface area contributed by atoms with Gasteiger partial charge in [0.05, 0.1) is 17.5 Å². The van der Waals surface area contributed by atoms with Gasteiger partial charge in [-0.15, -0.1) is 0 Å².